The molecule has 0 saturated heterocycles. The molecular weight excluding hydrogens is 134 g/mol. The van der Waals surface area contributed by atoms with Crippen molar-refractivity contribution >= 4 is 0 Å². The minimum atomic E-state index is 0.659. The maximum absolute atomic E-state index is 3.13. The number of fused-ring (bicyclic) bond motifs is 1. The Morgan fingerprint density at radius 1 is 1.55 bits per heavy atom. The van der Waals surface area contributed by atoms with Gasteiger partial charge in [-0.2, -0.15) is 0 Å². The Morgan fingerprint density at radius 2 is 2.55 bits per heavy atom. The van der Waals surface area contributed by atoms with Crippen LogP contribution in [0.4, 0.5) is 0 Å². The first-order valence-corrected chi connectivity index (χ1v) is 3.98. The van der Waals surface area contributed by atoms with Crippen LogP contribution in [-0.4, -0.2) is 0 Å². The summed E-state index contributed by atoms with van der Waals surface area (Å²) in [6.07, 6.45) is 12.8. The van der Waals surface area contributed by atoms with Crippen molar-refractivity contribution in [2.45, 2.75) is 12.8 Å². The third-order valence-corrected chi connectivity index (χ3v) is 2.13. The third kappa shape index (κ3) is 1.37. The summed E-state index contributed by atoms with van der Waals surface area (Å²) >= 11 is 0. The lowest BCUT2D eigenvalue weighted by molar-refractivity contribution is 0.612. The normalized spacial score (nSPS) is 28.4. The number of nitrogens with one attached hydrogen (secondary N) is 1. The van der Waals surface area contributed by atoms with Crippen molar-refractivity contribution < 1.29 is 0 Å². The van der Waals surface area contributed by atoms with Crippen LogP contribution in [0.1, 0.15) is 12.8 Å². The van der Waals surface area contributed by atoms with Crippen LogP contribution in [-0.2, 0) is 0 Å². The van der Waals surface area contributed by atoms with Gasteiger partial charge < -0.3 is 5.32 Å². The number of rotatable bonds is 0. The van der Waals surface area contributed by atoms with Crippen LogP contribution in [0.3, 0.4) is 0 Å². The second-order valence-corrected chi connectivity index (χ2v) is 2.89. The monoisotopic (exact) mass is 145 g/mol. The Bertz CT molecular complexity index is 223. The van der Waals surface area contributed by atoms with E-state index in [9.17, 15) is 0 Å². The van der Waals surface area contributed by atoms with Gasteiger partial charge in [0, 0.05) is 0 Å². The van der Waals surface area contributed by atoms with Crippen LogP contribution in [0.15, 0.2) is 36.1 Å². The molecule has 1 nitrogen and oxygen atoms in total. The summed E-state index contributed by atoms with van der Waals surface area (Å²) in [6.45, 7) is 3.13. The standard InChI is InChI=1S/C10H11N/c1-2-4-10-6-8-11-7-5-9(10)3-1/h1-3,5,7,10-11H,4,6H2. The summed E-state index contributed by atoms with van der Waals surface area (Å²) in [4.78, 5) is 0. The quantitative estimate of drug-likeness (QED) is 0.550. The zero-order chi connectivity index (χ0) is 7.52. The highest BCUT2D eigenvalue weighted by molar-refractivity contribution is 5.31. The van der Waals surface area contributed by atoms with Crippen molar-refractivity contribution in [3.8, 4) is 0 Å². The van der Waals surface area contributed by atoms with Crippen LogP contribution in [0.5, 0.6) is 0 Å². The lowest BCUT2D eigenvalue weighted by atomic mass is 9.89. The molecule has 2 radical (unpaired) electrons. The molecule has 0 bridgehead atoms. The minimum Gasteiger partial charge on any atom is -0.381 e. The van der Waals surface area contributed by atoms with Crippen LogP contribution in [0.2, 0.25) is 0 Å². The van der Waals surface area contributed by atoms with Crippen LogP contribution >= 0.6 is 0 Å². The first-order chi connectivity index (χ1) is 5.47. The summed E-state index contributed by atoms with van der Waals surface area (Å²) in [5, 5.41) is 3.00. The summed E-state index contributed by atoms with van der Waals surface area (Å²) in [7, 11) is 0. The molecule has 1 heteroatoms. The summed E-state index contributed by atoms with van der Waals surface area (Å²) in [6, 6.07) is 0. The minimum absolute atomic E-state index is 0.659. The van der Waals surface area contributed by atoms with Gasteiger partial charge in [-0.05, 0) is 36.6 Å². The molecule has 1 heterocycles. The van der Waals surface area contributed by atoms with Crippen molar-refractivity contribution in [3.05, 3.63) is 42.6 Å². The fourth-order valence-corrected chi connectivity index (χ4v) is 1.47. The van der Waals surface area contributed by atoms with Gasteiger partial charge in [0.25, 0.3) is 0 Å². The molecule has 1 aliphatic carbocycles. The van der Waals surface area contributed by atoms with Crippen molar-refractivity contribution in [1.29, 1.82) is 0 Å². The second-order valence-electron chi connectivity index (χ2n) is 2.89. The maximum atomic E-state index is 3.13. The smallest absolute Gasteiger partial charge is 0.0882 e. The fraction of sp³-hybridized carbons (Fsp3) is 0.300. The molecule has 2 aliphatic rings. The van der Waals surface area contributed by atoms with Gasteiger partial charge in [-0.1, -0.05) is 18.2 Å². The van der Waals surface area contributed by atoms with Crippen molar-refractivity contribution in [3.63, 3.8) is 0 Å². The Balaban J connectivity index is 2.22. The second kappa shape index (κ2) is 2.95. The van der Waals surface area contributed by atoms with Gasteiger partial charge in [0.15, 0.2) is 0 Å². The molecule has 1 N–H and O–H groups in total. The van der Waals surface area contributed by atoms with E-state index >= 15 is 0 Å². The topological polar surface area (TPSA) is 12.0 Å². The predicted octanol–water partition coefficient (Wildman–Crippen LogP) is 2.03. The van der Waals surface area contributed by atoms with E-state index in [1.54, 1.807) is 0 Å². The molecule has 11 heavy (non-hydrogen) atoms. The first kappa shape index (κ1) is 6.71. The van der Waals surface area contributed by atoms with E-state index in [0.29, 0.717) is 5.92 Å². The third-order valence-electron chi connectivity index (χ3n) is 2.13. The molecule has 0 aromatic rings. The molecule has 0 aromatic carbocycles. The highest BCUT2D eigenvalue weighted by Crippen LogP contribution is 2.26. The number of hydrogen-bond acceptors (Lipinski definition) is 1. The summed E-state index contributed by atoms with van der Waals surface area (Å²) in [5.41, 5.74) is 1.42. The number of allylic oxidation sites excluding steroid dienone is 5. The molecule has 1 aliphatic heterocycles. The summed E-state index contributed by atoms with van der Waals surface area (Å²) in [5.74, 6) is 0.659. The molecule has 0 fully saturated rings. The maximum Gasteiger partial charge on any atom is 0.0882 e. The zero-order valence-corrected chi connectivity index (χ0v) is 6.38. The van der Waals surface area contributed by atoms with E-state index in [1.165, 1.54) is 5.57 Å². The van der Waals surface area contributed by atoms with Crippen LogP contribution in [0.25, 0.3) is 0 Å². The Morgan fingerprint density at radius 3 is 3.55 bits per heavy atom. The Hall–Kier alpha value is -0.980. The van der Waals surface area contributed by atoms with Gasteiger partial charge in [0.05, 0.1) is 6.54 Å². The van der Waals surface area contributed by atoms with Gasteiger partial charge in [-0.15, -0.1) is 0 Å². The van der Waals surface area contributed by atoms with Crippen molar-refractivity contribution in [1.82, 2.24) is 5.32 Å². The fourth-order valence-electron chi connectivity index (χ4n) is 1.47. The largest absolute Gasteiger partial charge is 0.381 e. The summed E-state index contributed by atoms with van der Waals surface area (Å²) < 4.78 is 0. The van der Waals surface area contributed by atoms with Crippen molar-refractivity contribution in [2.75, 3.05) is 0 Å². The lowest BCUT2D eigenvalue weighted by Crippen LogP contribution is -2.05. The van der Waals surface area contributed by atoms with E-state index in [2.05, 4.69) is 36.2 Å². The Kier molecular flexibility index (Phi) is 1.80. The first-order valence-electron chi connectivity index (χ1n) is 3.98. The molecule has 0 aromatic heterocycles. The molecule has 1 unspecified atom stereocenters. The van der Waals surface area contributed by atoms with Gasteiger partial charge in [-0.3, -0.25) is 0 Å². The van der Waals surface area contributed by atoms with Gasteiger partial charge in [-0.25, -0.2) is 0 Å². The molecular formula is C10H11N. The lowest BCUT2D eigenvalue weighted by Gasteiger charge is -2.15. The molecule has 2 rings (SSSR count). The molecule has 0 amide bonds. The average molecular weight is 145 g/mol. The molecule has 0 spiro atoms. The van der Waals surface area contributed by atoms with Crippen LogP contribution in [0, 0.1) is 12.5 Å². The molecule has 56 valence electrons. The van der Waals surface area contributed by atoms with E-state index in [0.717, 1.165) is 12.8 Å². The Labute approximate surface area is 67.5 Å². The highest BCUT2D eigenvalue weighted by atomic mass is 14.8. The van der Waals surface area contributed by atoms with E-state index in [4.69, 9.17) is 0 Å². The van der Waals surface area contributed by atoms with Crippen LogP contribution < -0.4 is 5.32 Å². The van der Waals surface area contributed by atoms with Gasteiger partial charge in [0.2, 0.25) is 0 Å². The zero-order valence-electron chi connectivity index (χ0n) is 6.38. The van der Waals surface area contributed by atoms with Gasteiger partial charge in [0.1, 0.15) is 0 Å². The predicted molar refractivity (Wildman–Crippen MR) is 45.5 cm³/mol. The van der Waals surface area contributed by atoms with E-state index in [1.807, 2.05) is 6.20 Å². The van der Waals surface area contributed by atoms with E-state index < -0.39 is 0 Å². The van der Waals surface area contributed by atoms with E-state index in [-0.39, 0.29) is 0 Å². The van der Waals surface area contributed by atoms with Gasteiger partial charge >= 0.3 is 0 Å². The molecule has 1 atom stereocenters. The highest BCUT2D eigenvalue weighted by Gasteiger charge is 2.14. The SMILES string of the molecule is [C]1CC2CC=CC=C2C=CN1. The number of hydrogen-bond donors (Lipinski definition) is 1. The van der Waals surface area contributed by atoms with Crippen molar-refractivity contribution in [2.24, 2.45) is 5.92 Å². The average Bonchev–Trinajstić information content (AvgIpc) is 2.28. The molecule has 0 saturated carbocycles.